The molecule has 2 heterocycles. The summed E-state index contributed by atoms with van der Waals surface area (Å²) >= 11 is 0. The highest BCUT2D eigenvalue weighted by Gasteiger charge is 2.29. The molecule has 1 unspecified atom stereocenters. The Morgan fingerprint density at radius 2 is 1.76 bits per heavy atom. The molecular weight excluding hydrogens is 474 g/mol. The van der Waals surface area contributed by atoms with E-state index in [4.69, 9.17) is 4.74 Å². The van der Waals surface area contributed by atoms with Gasteiger partial charge in [0.05, 0.1) is 5.52 Å². The highest BCUT2D eigenvalue weighted by molar-refractivity contribution is 5.96. The molecule has 1 aliphatic heterocycles. The van der Waals surface area contributed by atoms with Gasteiger partial charge in [-0.05, 0) is 86.2 Å². The minimum atomic E-state index is -0.655. The van der Waals surface area contributed by atoms with Crippen molar-refractivity contribution in [2.24, 2.45) is 0 Å². The number of aromatic nitrogens is 1. The van der Waals surface area contributed by atoms with Crippen LogP contribution in [0.5, 0.6) is 5.75 Å². The third-order valence-corrected chi connectivity index (χ3v) is 7.23. The molecule has 2 atom stereocenters. The van der Waals surface area contributed by atoms with Crippen molar-refractivity contribution < 1.29 is 14.3 Å². The number of amides is 2. The van der Waals surface area contributed by atoms with Crippen LogP contribution >= 0.6 is 0 Å². The van der Waals surface area contributed by atoms with Crippen molar-refractivity contribution in [3.05, 3.63) is 95.7 Å². The number of ether oxygens (including phenoxy) is 1. The first-order chi connectivity index (χ1) is 18.4. The molecule has 1 aromatic heterocycles. The Bertz CT molecular complexity index is 1450. The molecule has 1 aliphatic rings. The maximum atomic E-state index is 13.3. The zero-order valence-electron chi connectivity index (χ0n) is 22.1. The van der Waals surface area contributed by atoms with Gasteiger partial charge in [0.1, 0.15) is 5.75 Å². The topological polar surface area (TPSA) is 71.5 Å². The van der Waals surface area contributed by atoms with Crippen molar-refractivity contribution in [1.29, 1.82) is 0 Å². The molecule has 6 heteroatoms. The Kier molecular flexibility index (Phi) is 7.40. The van der Waals surface area contributed by atoms with Crippen LogP contribution in [-0.4, -0.2) is 46.9 Å². The monoisotopic (exact) mass is 507 g/mol. The number of aryl methyl sites for hydroxylation is 2. The zero-order chi connectivity index (χ0) is 26.6. The summed E-state index contributed by atoms with van der Waals surface area (Å²) in [5.41, 5.74) is 6.24. The number of likely N-dealkylation sites (tertiary alicyclic amines) is 1. The number of hydrogen-bond acceptors (Lipinski definition) is 4. The van der Waals surface area contributed by atoms with Crippen molar-refractivity contribution in [3.8, 4) is 16.9 Å². The third-order valence-electron chi connectivity index (χ3n) is 7.23. The minimum absolute atomic E-state index is 0.0824. The van der Waals surface area contributed by atoms with Crippen LogP contribution in [0.3, 0.4) is 0 Å². The predicted molar refractivity (Wildman–Crippen MR) is 150 cm³/mol. The molecule has 0 saturated carbocycles. The molecule has 1 N–H and O–H groups in total. The van der Waals surface area contributed by atoms with Gasteiger partial charge in [-0.2, -0.15) is 0 Å². The van der Waals surface area contributed by atoms with Crippen molar-refractivity contribution in [1.82, 2.24) is 15.2 Å². The van der Waals surface area contributed by atoms with Crippen LogP contribution in [0.1, 0.15) is 41.3 Å². The van der Waals surface area contributed by atoms with Crippen molar-refractivity contribution in [2.45, 2.75) is 45.8 Å². The molecule has 0 radical (unpaired) electrons. The number of carbonyl (C=O) groups excluding carboxylic acids is 2. The van der Waals surface area contributed by atoms with Gasteiger partial charge in [-0.1, -0.05) is 36.4 Å². The lowest BCUT2D eigenvalue weighted by atomic mass is 9.93. The molecule has 0 bridgehead atoms. The summed E-state index contributed by atoms with van der Waals surface area (Å²) in [5.74, 6) is 0.412. The number of piperidine rings is 1. The largest absolute Gasteiger partial charge is 0.481 e. The minimum Gasteiger partial charge on any atom is -0.481 e. The molecule has 1 fully saturated rings. The highest BCUT2D eigenvalue weighted by Crippen LogP contribution is 2.34. The number of benzene rings is 3. The second-order valence-corrected chi connectivity index (χ2v) is 10.0. The lowest BCUT2D eigenvalue weighted by molar-refractivity contribution is -0.139. The molecule has 6 nitrogen and oxygen atoms in total. The van der Waals surface area contributed by atoms with Crippen LogP contribution in [0, 0.1) is 13.8 Å². The molecule has 1 saturated heterocycles. The standard InChI is InChI=1S/C32H33N3O3/c1-21-9-7-10-22(2)30(21)28-16-17-33-29-19-26(14-15-27(28)29)38-23(3)32(37)35-18-8-13-25(20-35)34-31(36)24-11-5-4-6-12-24/h4-7,9-12,14-17,19,23,25H,8,13,18,20H2,1-3H3,(H,34,36)/t23?,25-/m0/s1. The van der Waals surface area contributed by atoms with E-state index in [0.717, 1.165) is 29.3 Å². The smallest absolute Gasteiger partial charge is 0.263 e. The number of carbonyl (C=O) groups is 2. The number of nitrogens with one attached hydrogen (secondary N) is 1. The molecule has 3 aromatic carbocycles. The van der Waals surface area contributed by atoms with E-state index < -0.39 is 6.10 Å². The fourth-order valence-electron chi connectivity index (χ4n) is 5.32. The van der Waals surface area contributed by atoms with Crippen LogP contribution in [0.2, 0.25) is 0 Å². The van der Waals surface area contributed by atoms with Crippen molar-refractivity contribution in [2.75, 3.05) is 13.1 Å². The first kappa shape index (κ1) is 25.5. The average Bonchev–Trinajstić information content (AvgIpc) is 2.93. The predicted octanol–water partition coefficient (Wildman–Crippen LogP) is 5.71. The summed E-state index contributed by atoms with van der Waals surface area (Å²) in [6.07, 6.45) is 2.84. The van der Waals surface area contributed by atoms with E-state index in [0.29, 0.717) is 24.4 Å². The maximum absolute atomic E-state index is 13.3. The van der Waals surface area contributed by atoms with Gasteiger partial charge in [0.2, 0.25) is 0 Å². The van der Waals surface area contributed by atoms with Gasteiger partial charge >= 0.3 is 0 Å². The fraction of sp³-hybridized carbons (Fsp3) is 0.281. The number of pyridine rings is 1. The summed E-state index contributed by atoms with van der Waals surface area (Å²) in [5, 5.41) is 4.12. The zero-order valence-corrected chi connectivity index (χ0v) is 22.1. The van der Waals surface area contributed by atoms with Gasteiger partial charge in [-0.3, -0.25) is 14.6 Å². The number of fused-ring (bicyclic) bond motifs is 1. The van der Waals surface area contributed by atoms with Gasteiger partial charge in [0.25, 0.3) is 11.8 Å². The first-order valence-electron chi connectivity index (χ1n) is 13.2. The van der Waals surface area contributed by atoms with Gasteiger partial charge in [-0.15, -0.1) is 0 Å². The normalized spacial score (nSPS) is 16.2. The van der Waals surface area contributed by atoms with Crippen LogP contribution in [0.25, 0.3) is 22.0 Å². The maximum Gasteiger partial charge on any atom is 0.263 e. The molecule has 5 rings (SSSR count). The summed E-state index contributed by atoms with van der Waals surface area (Å²) in [7, 11) is 0. The third kappa shape index (κ3) is 5.40. The lowest BCUT2D eigenvalue weighted by Gasteiger charge is -2.34. The van der Waals surface area contributed by atoms with Crippen LogP contribution < -0.4 is 10.1 Å². The summed E-state index contributed by atoms with van der Waals surface area (Å²) in [6, 6.07) is 23.3. The second-order valence-electron chi connectivity index (χ2n) is 10.0. The molecule has 194 valence electrons. The van der Waals surface area contributed by atoms with Crippen LogP contribution in [-0.2, 0) is 4.79 Å². The van der Waals surface area contributed by atoms with Gasteiger partial charge in [-0.25, -0.2) is 0 Å². The van der Waals surface area contributed by atoms with E-state index in [-0.39, 0.29) is 17.9 Å². The Morgan fingerprint density at radius 3 is 2.53 bits per heavy atom. The molecule has 0 aliphatic carbocycles. The molecule has 38 heavy (non-hydrogen) atoms. The fourth-order valence-corrected chi connectivity index (χ4v) is 5.32. The summed E-state index contributed by atoms with van der Waals surface area (Å²) < 4.78 is 6.10. The van der Waals surface area contributed by atoms with Crippen LogP contribution in [0.15, 0.2) is 79.0 Å². The summed E-state index contributed by atoms with van der Waals surface area (Å²) in [4.78, 5) is 32.2. The SMILES string of the molecule is Cc1cccc(C)c1-c1ccnc2cc(OC(C)C(=O)N3CCC[C@H](NC(=O)c4ccccc4)C3)ccc12. The quantitative estimate of drug-likeness (QED) is 0.363. The van der Waals surface area contributed by atoms with Gasteiger partial charge in [0.15, 0.2) is 6.10 Å². The molecule has 4 aromatic rings. The van der Waals surface area contributed by atoms with Crippen LogP contribution in [0.4, 0.5) is 0 Å². The number of rotatable bonds is 6. The second kappa shape index (κ2) is 11.1. The Labute approximate surface area is 223 Å². The molecular formula is C32H33N3O3. The average molecular weight is 508 g/mol. The highest BCUT2D eigenvalue weighted by atomic mass is 16.5. The van der Waals surface area contributed by atoms with E-state index in [9.17, 15) is 9.59 Å². The Hall–Kier alpha value is -4.19. The van der Waals surface area contributed by atoms with E-state index in [1.54, 1.807) is 24.0 Å². The Morgan fingerprint density at radius 1 is 1.00 bits per heavy atom. The first-order valence-corrected chi connectivity index (χ1v) is 13.2. The van der Waals surface area contributed by atoms with Crippen molar-refractivity contribution in [3.63, 3.8) is 0 Å². The number of hydrogen-bond donors (Lipinski definition) is 1. The number of nitrogens with zero attached hydrogens (tertiary/aromatic N) is 2. The van der Waals surface area contributed by atoms with Crippen molar-refractivity contribution >= 4 is 22.7 Å². The van der Waals surface area contributed by atoms with Gasteiger partial charge < -0.3 is 15.0 Å². The van der Waals surface area contributed by atoms with E-state index in [2.05, 4.69) is 42.3 Å². The molecule has 0 spiro atoms. The van der Waals surface area contributed by atoms with E-state index in [1.807, 2.05) is 48.7 Å². The Balaban J connectivity index is 1.27. The summed E-state index contributed by atoms with van der Waals surface area (Å²) in [6.45, 7) is 7.15. The lowest BCUT2D eigenvalue weighted by Crippen LogP contribution is -2.52. The van der Waals surface area contributed by atoms with E-state index in [1.165, 1.54) is 16.7 Å². The van der Waals surface area contributed by atoms with E-state index >= 15 is 0 Å². The molecule has 2 amide bonds. The van der Waals surface area contributed by atoms with Gasteiger partial charge in [0, 0.05) is 42.3 Å².